The lowest BCUT2D eigenvalue weighted by Crippen LogP contribution is -2.24. The Morgan fingerprint density at radius 1 is 1.36 bits per heavy atom. The molecule has 0 unspecified atom stereocenters. The summed E-state index contributed by atoms with van der Waals surface area (Å²) in [6.07, 6.45) is 7.00. The molecular formula is C9H12N2. The van der Waals surface area contributed by atoms with Gasteiger partial charge in [0, 0.05) is 17.9 Å². The first-order chi connectivity index (χ1) is 5.29. The van der Waals surface area contributed by atoms with Gasteiger partial charge in [0.15, 0.2) is 0 Å². The van der Waals surface area contributed by atoms with Gasteiger partial charge in [0.05, 0.1) is 0 Å². The van der Waals surface area contributed by atoms with E-state index in [9.17, 15) is 0 Å². The second kappa shape index (κ2) is 2.31. The van der Waals surface area contributed by atoms with Crippen molar-refractivity contribution >= 4 is 0 Å². The van der Waals surface area contributed by atoms with Crippen LogP contribution in [0.4, 0.5) is 0 Å². The zero-order chi connectivity index (χ0) is 7.73. The van der Waals surface area contributed by atoms with Crippen LogP contribution in [0.25, 0.3) is 0 Å². The first-order valence-electron chi connectivity index (χ1n) is 3.96. The van der Waals surface area contributed by atoms with Crippen LogP contribution >= 0.6 is 0 Å². The van der Waals surface area contributed by atoms with Crippen LogP contribution in [0.15, 0.2) is 24.5 Å². The largest absolute Gasteiger partial charge is 0.325 e. The Balaban J connectivity index is 2.07. The maximum absolute atomic E-state index is 5.96. The van der Waals surface area contributed by atoms with Crippen molar-refractivity contribution in [2.75, 3.05) is 0 Å². The highest BCUT2D eigenvalue weighted by molar-refractivity contribution is 5.17. The molecule has 1 aliphatic rings. The van der Waals surface area contributed by atoms with Crippen molar-refractivity contribution in [3.05, 3.63) is 30.1 Å². The predicted octanol–water partition coefficient (Wildman–Crippen LogP) is 1.12. The molecule has 0 aromatic carbocycles. The molecule has 1 heterocycles. The zero-order valence-corrected chi connectivity index (χ0v) is 6.46. The lowest BCUT2D eigenvalue weighted by Gasteiger charge is -2.06. The zero-order valence-electron chi connectivity index (χ0n) is 6.46. The lowest BCUT2D eigenvalue weighted by molar-refractivity contribution is 0.671. The van der Waals surface area contributed by atoms with Gasteiger partial charge in [0.2, 0.25) is 0 Å². The molecule has 58 valence electrons. The fourth-order valence-corrected chi connectivity index (χ4v) is 1.24. The second-order valence-electron chi connectivity index (χ2n) is 3.39. The highest BCUT2D eigenvalue weighted by atomic mass is 14.8. The number of rotatable bonds is 2. The quantitative estimate of drug-likeness (QED) is 0.682. The van der Waals surface area contributed by atoms with Crippen LogP contribution in [0.1, 0.15) is 18.4 Å². The van der Waals surface area contributed by atoms with E-state index in [1.165, 1.54) is 18.4 Å². The minimum atomic E-state index is 0.126. The van der Waals surface area contributed by atoms with Crippen molar-refractivity contribution in [1.82, 2.24) is 4.98 Å². The van der Waals surface area contributed by atoms with Gasteiger partial charge in [-0.2, -0.15) is 0 Å². The van der Waals surface area contributed by atoms with E-state index in [4.69, 9.17) is 5.73 Å². The topological polar surface area (TPSA) is 38.9 Å². The van der Waals surface area contributed by atoms with E-state index < -0.39 is 0 Å². The summed E-state index contributed by atoms with van der Waals surface area (Å²) in [5.74, 6) is 0. The molecule has 2 rings (SSSR count). The van der Waals surface area contributed by atoms with E-state index in [1.54, 1.807) is 0 Å². The Hall–Kier alpha value is -0.890. The van der Waals surface area contributed by atoms with Gasteiger partial charge in [0.1, 0.15) is 0 Å². The molecule has 2 N–H and O–H groups in total. The molecule has 1 fully saturated rings. The Labute approximate surface area is 66.4 Å². The molecule has 2 heteroatoms. The summed E-state index contributed by atoms with van der Waals surface area (Å²) >= 11 is 0. The summed E-state index contributed by atoms with van der Waals surface area (Å²) in [7, 11) is 0. The average molecular weight is 148 g/mol. The van der Waals surface area contributed by atoms with Crippen molar-refractivity contribution in [1.29, 1.82) is 0 Å². The molecule has 11 heavy (non-hydrogen) atoms. The minimum Gasteiger partial charge on any atom is -0.325 e. The van der Waals surface area contributed by atoms with Crippen molar-refractivity contribution < 1.29 is 0 Å². The highest BCUT2D eigenvalue weighted by Crippen LogP contribution is 2.35. The maximum atomic E-state index is 5.96. The number of aromatic nitrogens is 1. The third-order valence-corrected chi connectivity index (χ3v) is 2.20. The third kappa shape index (κ3) is 1.57. The molecule has 0 aliphatic heterocycles. The second-order valence-corrected chi connectivity index (χ2v) is 3.39. The van der Waals surface area contributed by atoms with Gasteiger partial charge >= 0.3 is 0 Å². The van der Waals surface area contributed by atoms with E-state index in [-0.39, 0.29) is 5.54 Å². The molecule has 1 aromatic heterocycles. The van der Waals surface area contributed by atoms with Gasteiger partial charge in [-0.25, -0.2) is 0 Å². The van der Waals surface area contributed by atoms with Gasteiger partial charge in [-0.1, -0.05) is 0 Å². The van der Waals surface area contributed by atoms with Gasteiger partial charge in [-0.15, -0.1) is 0 Å². The van der Waals surface area contributed by atoms with Crippen LogP contribution in [-0.2, 0) is 6.42 Å². The first kappa shape index (κ1) is 6.80. The summed E-state index contributed by atoms with van der Waals surface area (Å²) in [6.45, 7) is 0. The molecule has 0 spiro atoms. The van der Waals surface area contributed by atoms with E-state index in [0.717, 1.165) is 6.42 Å². The van der Waals surface area contributed by atoms with E-state index >= 15 is 0 Å². The SMILES string of the molecule is NC1(Cc2ccncc2)CC1. The first-order valence-corrected chi connectivity index (χ1v) is 3.96. The molecular weight excluding hydrogens is 136 g/mol. The average Bonchev–Trinajstić information content (AvgIpc) is 2.70. The van der Waals surface area contributed by atoms with Gasteiger partial charge < -0.3 is 5.73 Å². The van der Waals surface area contributed by atoms with E-state index in [1.807, 2.05) is 24.5 Å². The molecule has 2 nitrogen and oxygen atoms in total. The minimum absolute atomic E-state index is 0.126. The standard InChI is InChI=1S/C9H12N2/c10-9(3-4-9)7-8-1-5-11-6-2-8/h1-2,5-6H,3-4,7,10H2. The van der Waals surface area contributed by atoms with Crippen LogP contribution in [0.5, 0.6) is 0 Å². The number of hydrogen-bond donors (Lipinski definition) is 1. The third-order valence-electron chi connectivity index (χ3n) is 2.20. The fraction of sp³-hybridized carbons (Fsp3) is 0.444. The maximum Gasteiger partial charge on any atom is 0.0270 e. The Morgan fingerprint density at radius 2 is 2.00 bits per heavy atom. The van der Waals surface area contributed by atoms with Crippen LogP contribution in [0.2, 0.25) is 0 Å². The van der Waals surface area contributed by atoms with Crippen LogP contribution < -0.4 is 5.73 Å². The van der Waals surface area contributed by atoms with Gasteiger partial charge in [0.25, 0.3) is 0 Å². The monoisotopic (exact) mass is 148 g/mol. The van der Waals surface area contributed by atoms with Crippen molar-refractivity contribution in [3.8, 4) is 0 Å². The summed E-state index contributed by atoms with van der Waals surface area (Å²) in [5.41, 5.74) is 7.39. The number of pyridine rings is 1. The van der Waals surface area contributed by atoms with Gasteiger partial charge in [-0.05, 0) is 37.0 Å². The normalized spacial score (nSPS) is 19.7. The molecule has 0 saturated heterocycles. The van der Waals surface area contributed by atoms with E-state index in [0.29, 0.717) is 0 Å². The molecule has 0 radical (unpaired) electrons. The Bertz CT molecular complexity index is 239. The molecule has 0 bridgehead atoms. The number of nitrogens with two attached hydrogens (primary N) is 1. The van der Waals surface area contributed by atoms with Crippen LogP contribution in [0, 0.1) is 0 Å². The van der Waals surface area contributed by atoms with Crippen LogP contribution in [-0.4, -0.2) is 10.5 Å². The number of hydrogen-bond acceptors (Lipinski definition) is 2. The molecule has 1 aromatic rings. The molecule has 1 saturated carbocycles. The molecule has 0 amide bonds. The summed E-state index contributed by atoms with van der Waals surface area (Å²) in [4.78, 5) is 3.95. The highest BCUT2D eigenvalue weighted by Gasteiger charge is 2.37. The van der Waals surface area contributed by atoms with Crippen LogP contribution in [0.3, 0.4) is 0 Å². The molecule has 0 atom stereocenters. The fourth-order valence-electron chi connectivity index (χ4n) is 1.24. The van der Waals surface area contributed by atoms with Crippen molar-refractivity contribution in [3.63, 3.8) is 0 Å². The smallest absolute Gasteiger partial charge is 0.0270 e. The van der Waals surface area contributed by atoms with Crippen molar-refractivity contribution in [2.24, 2.45) is 5.73 Å². The van der Waals surface area contributed by atoms with Gasteiger partial charge in [-0.3, -0.25) is 4.98 Å². The number of nitrogens with zero attached hydrogens (tertiary/aromatic N) is 1. The Morgan fingerprint density at radius 3 is 2.55 bits per heavy atom. The summed E-state index contributed by atoms with van der Waals surface area (Å²) < 4.78 is 0. The lowest BCUT2D eigenvalue weighted by atomic mass is 10.1. The Kier molecular flexibility index (Phi) is 1.43. The summed E-state index contributed by atoms with van der Waals surface area (Å²) in [6, 6.07) is 4.07. The summed E-state index contributed by atoms with van der Waals surface area (Å²) in [5, 5.41) is 0. The van der Waals surface area contributed by atoms with Crippen molar-refractivity contribution in [2.45, 2.75) is 24.8 Å². The molecule has 1 aliphatic carbocycles. The predicted molar refractivity (Wildman–Crippen MR) is 44.1 cm³/mol. The van der Waals surface area contributed by atoms with E-state index in [2.05, 4.69) is 4.98 Å².